The lowest BCUT2D eigenvalue weighted by Gasteiger charge is -2.24. The van der Waals surface area contributed by atoms with Crippen LogP contribution in [0.1, 0.15) is 20.3 Å². The van der Waals surface area contributed by atoms with Crippen molar-refractivity contribution < 1.29 is 17.9 Å². The maximum atomic E-state index is 13.1. The highest BCUT2D eigenvalue weighted by Crippen LogP contribution is 2.26. The van der Waals surface area contributed by atoms with Crippen LogP contribution in [0.2, 0.25) is 5.02 Å². The van der Waals surface area contributed by atoms with Gasteiger partial charge in [0.15, 0.2) is 0 Å². The van der Waals surface area contributed by atoms with Crippen LogP contribution < -0.4 is 14.4 Å². The van der Waals surface area contributed by atoms with Crippen LogP contribution >= 0.6 is 11.6 Å². The van der Waals surface area contributed by atoms with E-state index in [1.807, 2.05) is 13.8 Å². The molecule has 0 atom stereocenters. The fourth-order valence-corrected chi connectivity index (χ4v) is 3.92. The molecule has 146 valence electrons. The van der Waals surface area contributed by atoms with Crippen molar-refractivity contribution in [1.82, 2.24) is 5.32 Å². The normalized spacial score (nSPS) is 11.1. The molecule has 0 aliphatic heterocycles. The molecule has 0 heterocycles. The molecular weight excluding hydrogens is 388 g/mol. The molecule has 0 fully saturated rings. The van der Waals surface area contributed by atoms with Crippen LogP contribution in [-0.4, -0.2) is 34.0 Å². The van der Waals surface area contributed by atoms with Crippen molar-refractivity contribution in [3.8, 4) is 5.75 Å². The lowest BCUT2D eigenvalue weighted by molar-refractivity contribution is -0.119. The molecule has 0 radical (unpaired) electrons. The number of carbonyl (C=O) groups is 1. The summed E-state index contributed by atoms with van der Waals surface area (Å²) in [6, 6.07) is 12.4. The third-order valence-corrected chi connectivity index (χ3v) is 5.74. The number of anilines is 1. The minimum atomic E-state index is -3.94. The second-order valence-electron chi connectivity index (χ2n) is 5.74. The Balaban J connectivity index is 2.39. The van der Waals surface area contributed by atoms with E-state index in [4.69, 9.17) is 16.3 Å². The average molecular weight is 411 g/mol. The van der Waals surface area contributed by atoms with E-state index in [2.05, 4.69) is 5.32 Å². The first-order valence-electron chi connectivity index (χ1n) is 8.66. The fourth-order valence-electron chi connectivity index (χ4n) is 2.37. The van der Waals surface area contributed by atoms with Gasteiger partial charge in [0.1, 0.15) is 12.3 Å². The second-order valence-corrected chi connectivity index (χ2v) is 8.04. The van der Waals surface area contributed by atoms with E-state index in [0.717, 1.165) is 10.7 Å². The van der Waals surface area contributed by atoms with Crippen LogP contribution in [-0.2, 0) is 14.8 Å². The van der Waals surface area contributed by atoms with Crippen molar-refractivity contribution in [2.75, 3.05) is 24.0 Å². The molecule has 0 spiro atoms. The highest BCUT2D eigenvalue weighted by Gasteiger charge is 2.27. The summed E-state index contributed by atoms with van der Waals surface area (Å²) < 4.78 is 32.7. The Bertz CT molecular complexity index is 852. The van der Waals surface area contributed by atoms with Gasteiger partial charge in [-0.1, -0.05) is 18.5 Å². The molecule has 0 aromatic heterocycles. The molecule has 0 saturated heterocycles. The molecule has 2 aromatic carbocycles. The number of carbonyl (C=O) groups excluding carboxylic acids is 1. The van der Waals surface area contributed by atoms with Gasteiger partial charge < -0.3 is 10.1 Å². The summed E-state index contributed by atoms with van der Waals surface area (Å²) in [5.74, 6) is 0.254. The summed E-state index contributed by atoms with van der Waals surface area (Å²) in [5.41, 5.74) is 0.375. The minimum Gasteiger partial charge on any atom is -0.494 e. The molecule has 27 heavy (non-hydrogen) atoms. The molecule has 2 aromatic rings. The van der Waals surface area contributed by atoms with Gasteiger partial charge in [-0.15, -0.1) is 0 Å². The standard InChI is InChI=1S/C19H23ClN2O4S/c1-3-13-21-19(23)14-22(16-7-9-17(10-8-16)26-4-2)27(24,25)18-11-5-15(20)6-12-18/h5-12H,3-4,13-14H2,1-2H3,(H,21,23). The Morgan fingerprint density at radius 2 is 1.70 bits per heavy atom. The quantitative estimate of drug-likeness (QED) is 0.686. The first kappa shape index (κ1) is 21.1. The molecule has 1 N–H and O–H groups in total. The van der Waals surface area contributed by atoms with Gasteiger partial charge in [0, 0.05) is 11.6 Å². The maximum absolute atomic E-state index is 13.1. The Labute approximate surface area is 165 Å². The Morgan fingerprint density at radius 3 is 2.26 bits per heavy atom. The fraction of sp³-hybridized carbons (Fsp3) is 0.316. The molecular formula is C19H23ClN2O4S. The Kier molecular flexibility index (Phi) is 7.50. The highest BCUT2D eigenvalue weighted by molar-refractivity contribution is 7.92. The summed E-state index contributed by atoms with van der Waals surface area (Å²) in [7, 11) is -3.94. The van der Waals surface area contributed by atoms with Gasteiger partial charge in [0.05, 0.1) is 17.2 Å². The van der Waals surface area contributed by atoms with Crippen LogP contribution in [0, 0.1) is 0 Å². The van der Waals surface area contributed by atoms with Gasteiger partial charge in [0.2, 0.25) is 5.91 Å². The van der Waals surface area contributed by atoms with Crippen LogP contribution in [0.5, 0.6) is 5.75 Å². The topological polar surface area (TPSA) is 75.7 Å². The van der Waals surface area contributed by atoms with Crippen molar-refractivity contribution in [3.05, 3.63) is 53.6 Å². The number of sulfonamides is 1. The zero-order valence-electron chi connectivity index (χ0n) is 15.3. The summed E-state index contributed by atoms with van der Waals surface area (Å²) in [4.78, 5) is 12.3. The van der Waals surface area contributed by atoms with Crippen molar-refractivity contribution in [3.63, 3.8) is 0 Å². The molecule has 1 amide bonds. The predicted molar refractivity (Wildman–Crippen MR) is 107 cm³/mol. The van der Waals surface area contributed by atoms with Crippen molar-refractivity contribution in [1.29, 1.82) is 0 Å². The number of ether oxygens (including phenoxy) is 1. The van der Waals surface area contributed by atoms with E-state index >= 15 is 0 Å². The lowest BCUT2D eigenvalue weighted by atomic mass is 10.3. The number of benzene rings is 2. The Hall–Kier alpha value is -2.25. The van der Waals surface area contributed by atoms with E-state index in [-0.39, 0.29) is 17.3 Å². The van der Waals surface area contributed by atoms with E-state index in [1.165, 1.54) is 24.3 Å². The Morgan fingerprint density at radius 1 is 1.07 bits per heavy atom. The average Bonchev–Trinajstić information content (AvgIpc) is 2.66. The molecule has 0 aliphatic carbocycles. The largest absolute Gasteiger partial charge is 0.494 e. The van der Waals surface area contributed by atoms with Gasteiger partial charge in [-0.2, -0.15) is 0 Å². The summed E-state index contributed by atoms with van der Waals surface area (Å²) >= 11 is 5.86. The summed E-state index contributed by atoms with van der Waals surface area (Å²) in [6.45, 7) is 4.46. The molecule has 2 rings (SSSR count). The number of hydrogen-bond donors (Lipinski definition) is 1. The third-order valence-electron chi connectivity index (χ3n) is 3.70. The smallest absolute Gasteiger partial charge is 0.264 e. The van der Waals surface area contributed by atoms with Crippen molar-refractivity contribution >= 4 is 33.2 Å². The van der Waals surface area contributed by atoms with Crippen LogP contribution in [0.25, 0.3) is 0 Å². The van der Waals surface area contributed by atoms with Gasteiger partial charge in [-0.3, -0.25) is 9.10 Å². The van der Waals surface area contributed by atoms with Crippen molar-refractivity contribution in [2.24, 2.45) is 0 Å². The highest BCUT2D eigenvalue weighted by atomic mass is 35.5. The number of nitrogens with zero attached hydrogens (tertiary/aromatic N) is 1. The van der Waals surface area contributed by atoms with Crippen LogP contribution in [0.3, 0.4) is 0 Å². The van der Waals surface area contributed by atoms with Gasteiger partial charge >= 0.3 is 0 Å². The predicted octanol–water partition coefficient (Wildman–Crippen LogP) is 3.46. The zero-order chi connectivity index (χ0) is 19.9. The second kappa shape index (κ2) is 9.62. The SMILES string of the molecule is CCCNC(=O)CN(c1ccc(OCC)cc1)S(=O)(=O)c1ccc(Cl)cc1. The molecule has 0 saturated carbocycles. The van der Waals surface area contributed by atoms with E-state index < -0.39 is 10.0 Å². The first-order chi connectivity index (χ1) is 12.9. The van der Waals surface area contributed by atoms with Gasteiger partial charge in [0.25, 0.3) is 10.0 Å². The molecule has 6 nitrogen and oxygen atoms in total. The van der Waals surface area contributed by atoms with E-state index in [0.29, 0.717) is 29.6 Å². The van der Waals surface area contributed by atoms with Crippen LogP contribution in [0.4, 0.5) is 5.69 Å². The number of rotatable bonds is 9. The summed E-state index contributed by atoms with van der Waals surface area (Å²) in [6.07, 6.45) is 0.763. The number of hydrogen-bond acceptors (Lipinski definition) is 4. The number of halogens is 1. The van der Waals surface area contributed by atoms with E-state index in [1.54, 1.807) is 24.3 Å². The van der Waals surface area contributed by atoms with Crippen molar-refractivity contribution in [2.45, 2.75) is 25.2 Å². The summed E-state index contributed by atoms with van der Waals surface area (Å²) in [5, 5.41) is 3.14. The van der Waals surface area contributed by atoms with Crippen LogP contribution in [0.15, 0.2) is 53.4 Å². The maximum Gasteiger partial charge on any atom is 0.264 e. The first-order valence-corrected chi connectivity index (χ1v) is 10.5. The third kappa shape index (κ3) is 5.61. The number of amides is 1. The van der Waals surface area contributed by atoms with E-state index in [9.17, 15) is 13.2 Å². The zero-order valence-corrected chi connectivity index (χ0v) is 16.9. The molecule has 0 unspecified atom stereocenters. The number of nitrogens with one attached hydrogen (secondary N) is 1. The molecule has 0 bridgehead atoms. The van der Waals surface area contributed by atoms with Gasteiger partial charge in [-0.05, 0) is 61.9 Å². The lowest BCUT2D eigenvalue weighted by Crippen LogP contribution is -2.41. The monoisotopic (exact) mass is 410 g/mol. The minimum absolute atomic E-state index is 0.0593. The molecule has 8 heteroatoms. The molecule has 0 aliphatic rings. The van der Waals surface area contributed by atoms with Gasteiger partial charge in [-0.25, -0.2) is 8.42 Å².